The van der Waals surface area contributed by atoms with E-state index in [9.17, 15) is 9.59 Å². The van der Waals surface area contributed by atoms with E-state index in [-0.39, 0.29) is 29.0 Å². The molecule has 1 N–H and O–H groups in total. The zero-order valence-electron chi connectivity index (χ0n) is 19.2. The zero-order chi connectivity index (χ0) is 21.8. The maximum Gasteiger partial charge on any atom is 0.316 e. The first-order chi connectivity index (χ1) is 14.9. The number of carbonyl (C=O) groups excluding carboxylic acids is 2. The molecule has 4 nitrogen and oxygen atoms in total. The lowest BCUT2D eigenvalue weighted by atomic mass is 9.42. The predicted octanol–water partition coefficient (Wildman–Crippen LogP) is 5.17. The van der Waals surface area contributed by atoms with Crippen LogP contribution < -0.4 is 5.32 Å². The van der Waals surface area contributed by atoms with Crippen LogP contribution in [0.15, 0.2) is 36.2 Å². The summed E-state index contributed by atoms with van der Waals surface area (Å²) < 4.78 is 5.14. The Labute approximate surface area is 186 Å². The molecule has 0 amide bonds. The molecule has 8 atom stereocenters. The minimum Gasteiger partial charge on any atom is -0.468 e. The molecule has 168 valence electrons. The second-order valence-electron chi connectivity index (χ2n) is 11.3. The van der Waals surface area contributed by atoms with Gasteiger partial charge in [-0.2, -0.15) is 0 Å². The third kappa shape index (κ3) is 3.15. The van der Waals surface area contributed by atoms with E-state index >= 15 is 0 Å². The van der Waals surface area contributed by atoms with Crippen LogP contribution in [0.25, 0.3) is 0 Å². The molecule has 5 aliphatic rings. The summed E-state index contributed by atoms with van der Waals surface area (Å²) in [6, 6.07) is 0. The molecule has 1 aliphatic heterocycles. The van der Waals surface area contributed by atoms with E-state index in [4.69, 9.17) is 4.74 Å². The summed E-state index contributed by atoms with van der Waals surface area (Å²) in [5.74, 6) is 1.24. The van der Waals surface area contributed by atoms with Gasteiger partial charge >= 0.3 is 5.97 Å². The summed E-state index contributed by atoms with van der Waals surface area (Å²) in [4.78, 5) is 26.5. The van der Waals surface area contributed by atoms with Crippen molar-refractivity contribution in [1.29, 1.82) is 0 Å². The summed E-state index contributed by atoms with van der Waals surface area (Å²) in [6.45, 7) is 4.93. The highest BCUT2D eigenvalue weighted by Gasteiger charge is 2.62. The van der Waals surface area contributed by atoms with Gasteiger partial charge in [-0.3, -0.25) is 9.59 Å². The average molecular weight is 424 g/mol. The van der Waals surface area contributed by atoms with Crippen LogP contribution in [0.2, 0.25) is 0 Å². The van der Waals surface area contributed by atoms with Crippen molar-refractivity contribution in [2.75, 3.05) is 7.11 Å². The largest absolute Gasteiger partial charge is 0.468 e. The first kappa shape index (κ1) is 21.0. The number of fused-ring (bicyclic) bond motifs is 5. The number of allylic oxidation sites excluding steroid dienone is 5. The zero-order valence-corrected chi connectivity index (χ0v) is 19.2. The van der Waals surface area contributed by atoms with Gasteiger partial charge in [0.25, 0.3) is 0 Å². The number of ether oxygens (including phenoxy) is 1. The molecule has 5 rings (SSSR count). The van der Waals surface area contributed by atoms with Crippen LogP contribution >= 0.6 is 0 Å². The molecule has 4 fully saturated rings. The van der Waals surface area contributed by atoms with E-state index in [1.165, 1.54) is 45.6 Å². The fourth-order valence-corrected chi connectivity index (χ4v) is 8.66. The minimum absolute atomic E-state index is 0.00742. The van der Waals surface area contributed by atoms with E-state index in [0.717, 1.165) is 24.0 Å². The highest BCUT2D eigenvalue weighted by molar-refractivity contribution is 6.02. The Hall–Kier alpha value is -1.84. The van der Waals surface area contributed by atoms with Crippen LogP contribution in [-0.2, 0) is 14.3 Å². The normalized spacial score (nSPS) is 46.2. The second-order valence-corrected chi connectivity index (χ2v) is 11.3. The third-order valence-corrected chi connectivity index (χ3v) is 10.1. The summed E-state index contributed by atoms with van der Waals surface area (Å²) in [6.07, 6.45) is 19.5. The molecule has 0 spiro atoms. The maximum atomic E-state index is 13.7. The van der Waals surface area contributed by atoms with Crippen molar-refractivity contribution < 1.29 is 14.3 Å². The van der Waals surface area contributed by atoms with Crippen LogP contribution in [0.3, 0.4) is 0 Å². The number of rotatable bonds is 2. The van der Waals surface area contributed by atoms with Gasteiger partial charge in [0.05, 0.1) is 13.0 Å². The number of hydrogen-bond acceptors (Lipinski definition) is 4. The monoisotopic (exact) mass is 423 g/mol. The lowest BCUT2D eigenvalue weighted by Crippen LogP contribution is -2.59. The number of esters is 1. The van der Waals surface area contributed by atoms with Crippen molar-refractivity contribution in [1.82, 2.24) is 5.32 Å². The maximum absolute atomic E-state index is 13.7. The predicted molar refractivity (Wildman–Crippen MR) is 121 cm³/mol. The summed E-state index contributed by atoms with van der Waals surface area (Å²) in [5, 5.41) is 3.37. The summed E-state index contributed by atoms with van der Waals surface area (Å²) in [5.41, 5.74) is 1.45. The smallest absolute Gasteiger partial charge is 0.316 e. The van der Waals surface area contributed by atoms with E-state index in [0.29, 0.717) is 17.8 Å². The molecule has 0 aromatic carbocycles. The first-order valence-corrected chi connectivity index (χ1v) is 12.3. The number of hydrogen-bond donors (Lipinski definition) is 1. The van der Waals surface area contributed by atoms with E-state index in [2.05, 4.69) is 19.2 Å². The van der Waals surface area contributed by atoms with Crippen LogP contribution in [0.5, 0.6) is 0 Å². The van der Waals surface area contributed by atoms with Crippen molar-refractivity contribution in [3.8, 4) is 0 Å². The topological polar surface area (TPSA) is 55.4 Å². The molecule has 2 unspecified atom stereocenters. The van der Waals surface area contributed by atoms with Crippen LogP contribution in [0, 0.1) is 46.3 Å². The highest BCUT2D eigenvalue weighted by atomic mass is 16.5. The summed E-state index contributed by atoms with van der Waals surface area (Å²) in [7, 11) is 1.42. The summed E-state index contributed by atoms with van der Waals surface area (Å²) >= 11 is 0. The van der Waals surface area contributed by atoms with E-state index in [1.807, 2.05) is 30.5 Å². The Morgan fingerprint density at radius 1 is 1.03 bits per heavy atom. The molecular formula is C27H37NO3. The SMILES string of the molecule is COC(=O)C1C[C@@]2(C)[C@@H](CC[C@H]3[C@@H]4CCC[C@@]4(C)CC[C@@H]32)C(C2=CC=CC=CN2)C1=O. The fourth-order valence-electron chi connectivity index (χ4n) is 8.66. The molecule has 0 bridgehead atoms. The van der Waals surface area contributed by atoms with Gasteiger partial charge < -0.3 is 10.1 Å². The molecule has 4 aliphatic carbocycles. The van der Waals surface area contributed by atoms with Crippen molar-refractivity contribution >= 4 is 11.8 Å². The molecule has 4 saturated carbocycles. The average Bonchev–Trinajstić information content (AvgIpc) is 2.97. The number of Topliss-reactive ketones (excluding diaryl/α,β-unsaturated/α-hetero) is 1. The number of methoxy groups -OCH3 is 1. The van der Waals surface area contributed by atoms with Crippen molar-refractivity contribution in [2.24, 2.45) is 46.3 Å². The van der Waals surface area contributed by atoms with Gasteiger partial charge in [0.2, 0.25) is 0 Å². The third-order valence-electron chi connectivity index (χ3n) is 10.1. The van der Waals surface area contributed by atoms with Crippen molar-refractivity contribution in [2.45, 2.75) is 65.2 Å². The lowest BCUT2D eigenvalue weighted by molar-refractivity contribution is -0.169. The van der Waals surface area contributed by atoms with Crippen molar-refractivity contribution in [3.63, 3.8) is 0 Å². The van der Waals surface area contributed by atoms with Gasteiger partial charge in [0.15, 0.2) is 5.78 Å². The van der Waals surface area contributed by atoms with Crippen LogP contribution in [-0.4, -0.2) is 18.9 Å². The first-order valence-electron chi connectivity index (χ1n) is 12.3. The highest BCUT2D eigenvalue weighted by Crippen LogP contribution is 2.67. The number of carbonyl (C=O) groups is 2. The van der Waals surface area contributed by atoms with E-state index in [1.54, 1.807) is 0 Å². The van der Waals surface area contributed by atoms with Gasteiger partial charge in [-0.25, -0.2) is 0 Å². The number of ketones is 1. The van der Waals surface area contributed by atoms with Crippen LogP contribution in [0.4, 0.5) is 0 Å². The standard InChI is InChI=1S/C27H37NO3/c1-26-13-7-8-19(26)17-10-11-21-23(22-9-5-4-6-15-28-22)24(29)18(25(30)31-3)16-27(21,2)20(17)12-14-26/h4-6,9,15,17-21,23,28H,7-8,10-14,16H2,1-3H3/t17-,18?,19-,20-,21-,23?,26-,27+/m0/s1. The lowest BCUT2D eigenvalue weighted by Gasteiger charge is -2.62. The Morgan fingerprint density at radius 2 is 1.87 bits per heavy atom. The Balaban J connectivity index is 1.55. The fraction of sp³-hybridized carbons (Fsp3) is 0.704. The Morgan fingerprint density at radius 3 is 2.68 bits per heavy atom. The molecule has 31 heavy (non-hydrogen) atoms. The molecule has 0 aromatic heterocycles. The Kier molecular flexibility index (Phi) is 5.18. The van der Waals surface area contributed by atoms with E-state index < -0.39 is 5.92 Å². The molecule has 0 saturated heterocycles. The molecular weight excluding hydrogens is 386 g/mol. The van der Waals surface area contributed by atoms with Gasteiger partial charge in [-0.15, -0.1) is 0 Å². The minimum atomic E-state index is -0.647. The second kappa shape index (κ2) is 7.64. The molecule has 1 heterocycles. The molecule has 4 heteroatoms. The molecule has 0 aromatic rings. The quantitative estimate of drug-likeness (QED) is 0.492. The van der Waals surface area contributed by atoms with Gasteiger partial charge in [-0.1, -0.05) is 32.4 Å². The number of nitrogens with one attached hydrogen (secondary N) is 1. The van der Waals surface area contributed by atoms with Crippen LogP contribution in [0.1, 0.15) is 65.2 Å². The van der Waals surface area contributed by atoms with Gasteiger partial charge in [0, 0.05) is 11.9 Å². The van der Waals surface area contributed by atoms with Crippen molar-refractivity contribution in [3.05, 3.63) is 36.2 Å². The Bertz CT molecular complexity index is 857. The van der Waals surface area contributed by atoms with Gasteiger partial charge in [0.1, 0.15) is 5.92 Å². The molecule has 0 radical (unpaired) electrons. The van der Waals surface area contributed by atoms with Gasteiger partial charge in [-0.05, 0) is 91.6 Å².